The number of carbonyl (C=O) groups is 2. The molecule has 3 aromatic carbocycles. The molecule has 0 saturated heterocycles. The zero-order valence-corrected chi connectivity index (χ0v) is 18.3. The van der Waals surface area contributed by atoms with Crippen LogP contribution in [-0.4, -0.2) is 11.6 Å². The highest BCUT2D eigenvalue weighted by atomic mass is 127. The maximum atomic E-state index is 13.6. The molecule has 4 nitrogen and oxygen atoms in total. The van der Waals surface area contributed by atoms with Crippen molar-refractivity contribution in [3.8, 4) is 0 Å². The van der Waals surface area contributed by atoms with E-state index in [4.69, 9.17) is 11.5 Å². The third-order valence-corrected chi connectivity index (χ3v) is 6.83. The third kappa shape index (κ3) is 2.60. The number of fused-ring (bicyclic) bond motifs is 1. The SMILES string of the molecule is Nc1ccc(C2(c3ccc(N)c(I)c3)C(=O)c3ccccc3C2=O)cc1I. The zero-order chi connectivity index (χ0) is 19.3. The number of hydrogen-bond acceptors (Lipinski definition) is 4. The Morgan fingerprint density at radius 3 is 1.44 bits per heavy atom. The third-order valence-electron chi connectivity index (χ3n) is 4.96. The van der Waals surface area contributed by atoms with Gasteiger partial charge in [0.2, 0.25) is 0 Å². The Morgan fingerprint density at radius 1 is 0.667 bits per heavy atom. The molecule has 0 aromatic heterocycles. The first kappa shape index (κ1) is 18.4. The second-order valence-electron chi connectivity index (χ2n) is 6.43. The molecule has 0 saturated carbocycles. The second-order valence-corrected chi connectivity index (χ2v) is 8.75. The first-order valence-corrected chi connectivity index (χ1v) is 10.3. The minimum atomic E-state index is -1.43. The molecule has 0 fully saturated rings. The summed E-state index contributed by atoms with van der Waals surface area (Å²) in [5, 5.41) is 0. The molecular weight excluding hydrogens is 566 g/mol. The first-order chi connectivity index (χ1) is 12.9. The van der Waals surface area contributed by atoms with Crippen molar-refractivity contribution in [3.63, 3.8) is 0 Å². The molecule has 0 heterocycles. The van der Waals surface area contributed by atoms with E-state index >= 15 is 0 Å². The molecule has 0 radical (unpaired) electrons. The molecule has 0 aliphatic heterocycles. The fourth-order valence-corrected chi connectivity index (χ4v) is 4.63. The predicted octanol–water partition coefficient (Wildman–Crippen LogP) is 4.43. The molecule has 134 valence electrons. The predicted molar refractivity (Wildman–Crippen MR) is 123 cm³/mol. The van der Waals surface area contributed by atoms with Crippen LogP contribution in [0.1, 0.15) is 31.8 Å². The van der Waals surface area contributed by atoms with Crippen LogP contribution in [0.15, 0.2) is 60.7 Å². The van der Waals surface area contributed by atoms with E-state index in [0.29, 0.717) is 33.6 Å². The lowest BCUT2D eigenvalue weighted by Crippen LogP contribution is -2.40. The highest BCUT2D eigenvalue weighted by molar-refractivity contribution is 14.1. The zero-order valence-electron chi connectivity index (χ0n) is 14.0. The maximum Gasteiger partial charge on any atom is 0.186 e. The highest BCUT2D eigenvalue weighted by Crippen LogP contribution is 2.46. The molecule has 0 atom stereocenters. The van der Waals surface area contributed by atoms with Gasteiger partial charge in [-0.1, -0.05) is 36.4 Å². The highest BCUT2D eigenvalue weighted by Gasteiger charge is 2.55. The van der Waals surface area contributed by atoms with Crippen molar-refractivity contribution in [2.24, 2.45) is 0 Å². The van der Waals surface area contributed by atoms with Gasteiger partial charge >= 0.3 is 0 Å². The number of carbonyl (C=O) groups excluding carboxylic acids is 2. The molecule has 1 aliphatic carbocycles. The van der Waals surface area contributed by atoms with Crippen LogP contribution in [0.3, 0.4) is 0 Å². The van der Waals surface area contributed by atoms with E-state index < -0.39 is 5.41 Å². The summed E-state index contributed by atoms with van der Waals surface area (Å²) in [5.41, 5.74) is 13.9. The topological polar surface area (TPSA) is 86.2 Å². The Balaban J connectivity index is 2.08. The largest absolute Gasteiger partial charge is 0.398 e. The number of hydrogen-bond donors (Lipinski definition) is 2. The Labute approximate surface area is 183 Å². The van der Waals surface area contributed by atoms with Gasteiger partial charge in [0.15, 0.2) is 11.6 Å². The van der Waals surface area contributed by atoms with Crippen molar-refractivity contribution in [1.29, 1.82) is 0 Å². The molecule has 3 aromatic rings. The van der Waals surface area contributed by atoms with Crippen molar-refractivity contribution in [2.75, 3.05) is 11.5 Å². The summed E-state index contributed by atoms with van der Waals surface area (Å²) >= 11 is 4.24. The quantitative estimate of drug-likeness (QED) is 0.267. The van der Waals surface area contributed by atoms with Gasteiger partial charge in [-0.2, -0.15) is 0 Å². The van der Waals surface area contributed by atoms with Crippen LogP contribution in [-0.2, 0) is 5.41 Å². The van der Waals surface area contributed by atoms with E-state index in [1.54, 1.807) is 48.5 Å². The molecule has 0 bridgehead atoms. The number of halogens is 2. The van der Waals surface area contributed by atoms with Gasteiger partial charge < -0.3 is 11.5 Å². The molecular formula is C21H14I2N2O2. The Bertz CT molecular complexity index is 1040. The van der Waals surface area contributed by atoms with E-state index in [2.05, 4.69) is 45.2 Å². The molecule has 0 spiro atoms. The van der Waals surface area contributed by atoms with E-state index in [9.17, 15) is 9.59 Å². The van der Waals surface area contributed by atoms with Gasteiger partial charge in [-0.15, -0.1) is 0 Å². The van der Waals surface area contributed by atoms with E-state index in [-0.39, 0.29) is 11.6 Å². The molecule has 27 heavy (non-hydrogen) atoms. The summed E-state index contributed by atoms with van der Waals surface area (Å²) in [4.78, 5) is 27.3. The van der Waals surface area contributed by atoms with Crippen molar-refractivity contribution < 1.29 is 9.59 Å². The molecule has 6 heteroatoms. The summed E-state index contributed by atoms with van der Waals surface area (Å²) in [5.74, 6) is -0.437. The maximum absolute atomic E-state index is 13.6. The van der Waals surface area contributed by atoms with Gasteiger partial charge in [-0.05, 0) is 80.6 Å². The monoisotopic (exact) mass is 580 g/mol. The van der Waals surface area contributed by atoms with Crippen LogP contribution in [0.25, 0.3) is 0 Å². The van der Waals surface area contributed by atoms with E-state index in [1.807, 2.05) is 12.1 Å². The standard InChI is InChI=1S/C21H14I2N2O2/c22-15-9-11(5-7-17(15)24)21(12-6-8-18(25)16(23)10-12)19(26)13-3-1-2-4-14(13)20(21)27/h1-10H,24-25H2. The molecule has 4 N–H and O–H groups in total. The molecule has 1 aliphatic rings. The summed E-state index contributed by atoms with van der Waals surface area (Å²) in [6.07, 6.45) is 0. The van der Waals surface area contributed by atoms with Crippen molar-refractivity contribution in [2.45, 2.75) is 5.41 Å². The average Bonchev–Trinajstić information content (AvgIpc) is 2.89. The number of ketones is 2. The number of benzene rings is 3. The summed E-state index contributed by atoms with van der Waals surface area (Å²) in [6.45, 7) is 0. The van der Waals surface area contributed by atoms with Crippen LogP contribution in [0.2, 0.25) is 0 Å². The number of rotatable bonds is 2. The second kappa shape index (κ2) is 6.59. The van der Waals surface area contributed by atoms with Gasteiger partial charge in [-0.25, -0.2) is 0 Å². The van der Waals surface area contributed by atoms with Crippen LogP contribution >= 0.6 is 45.2 Å². The number of anilines is 2. The number of nitrogen functional groups attached to an aromatic ring is 2. The van der Waals surface area contributed by atoms with E-state index in [0.717, 1.165) is 7.14 Å². The summed E-state index contributed by atoms with van der Waals surface area (Å²) in [7, 11) is 0. The minimum absolute atomic E-state index is 0.218. The van der Waals surface area contributed by atoms with Gasteiger partial charge in [0.1, 0.15) is 5.41 Å². The van der Waals surface area contributed by atoms with Crippen molar-refractivity contribution >= 4 is 68.1 Å². The number of nitrogens with two attached hydrogens (primary N) is 2. The van der Waals surface area contributed by atoms with Gasteiger partial charge in [0.05, 0.1) is 0 Å². The lowest BCUT2D eigenvalue weighted by Gasteiger charge is -2.28. The van der Waals surface area contributed by atoms with Crippen LogP contribution in [0.4, 0.5) is 11.4 Å². The van der Waals surface area contributed by atoms with E-state index in [1.165, 1.54) is 0 Å². The lowest BCUT2D eigenvalue weighted by molar-refractivity contribution is 0.0829. The molecule has 4 rings (SSSR count). The van der Waals surface area contributed by atoms with Gasteiger partial charge in [-0.3, -0.25) is 9.59 Å². The summed E-state index contributed by atoms with van der Waals surface area (Å²) in [6, 6.07) is 17.6. The minimum Gasteiger partial charge on any atom is -0.398 e. The fourth-order valence-electron chi connectivity index (χ4n) is 3.60. The Morgan fingerprint density at radius 2 is 1.07 bits per heavy atom. The summed E-state index contributed by atoms with van der Waals surface area (Å²) < 4.78 is 1.59. The van der Waals surface area contributed by atoms with Crippen LogP contribution in [0, 0.1) is 7.14 Å². The van der Waals surface area contributed by atoms with Gasteiger partial charge in [0.25, 0.3) is 0 Å². The van der Waals surface area contributed by atoms with Crippen LogP contribution in [0.5, 0.6) is 0 Å². The fraction of sp³-hybridized carbons (Fsp3) is 0.0476. The first-order valence-electron chi connectivity index (χ1n) is 8.17. The Hall–Kier alpha value is -1.94. The molecule has 0 amide bonds. The Kier molecular flexibility index (Phi) is 4.50. The molecule has 0 unspecified atom stereocenters. The van der Waals surface area contributed by atoms with Crippen molar-refractivity contribution in [3.05, 3.63) is 90.1 Å². The average molecular weight is 580 g/mol. The van der Waals surface area contributed by atoms with Gasteiger partial charge in [0, 0.05) is 29.6 Å². The number of Topliss-reactive ketones (excluding diaryl/α,β-unsaturated/α-hetero) is 2. The van der Waals surface area contributed by atoms with Crippen molar-refractivity contribution in [1.82, 2.24) is 0 Å². The lowest BCUT2D eigenvalue weighted by atomic mass is 9.70. The van der Waals surface area contributed by atoms with Crippen LogP contribution < -0.4 is 11.5 Å². The smallest absolute Gasteiger partial charge is 0.186 e. The normalized spacial score (nSPS) is 15.0.